The van der Waals surface area contributed by atoms with Gasteiger partial charge in [0.15, 0.2) is 0 Å². The Kier molecular flexibility index (Phi) is 4.56. The van der Waals surface area contributed by atoms with Gasteiger partial charge in [0, 0.05) is 12.6 Å². The molecule has 0 saturated carbocycles. The minimum Gasteiger partial charge on any atom is -0.497 e. The molecule has 110 valence electrons. The van der Waals surface area contributed by atoms with E-state index in [-0.39, 0.29) is 0 Å². The van der Waals surface area contributed by atoms with Crippen LogP contribution in [0.3, 0.4) is 0 Å². The van der Waals surface area contributed by atoms with Gasteiger partial charge in [0.1, 0.15) is 5.75 Å². The van der Waals surface area contributed by atoms with Crippen LogP contribution >= 0.6 is 0 Å². The van der Waals surface area contributed by atoms with Crippen molar-refractivity contribution in [2.45, 2.75) is 31.8 Å². The van der Waals surface area contributed by atoms with Gasteiger partial charge in [0.05, 0.1) is 7.11 Å². The summed E-state index contributed by atoms with van der Waals surface area (Å²) in [5, 5.41) is 0. The van der Waals surface area contributed by atoms with Crippen molar-refractivity contribution in [2.24, 2.45) is 0 Å². The van der Waals surface area contributed by atoms with Crippen molar-refractivity contribution in [2.75, 3.05) is 13.7 Å². The molecule has 0 spiro atoms. The van der Waals surface area contributed by atoms with Crippen molar-refractivity contribution in [1.29, 1.82) is 0 Å². The van der Waals surface area contributed by atoms with E-state index in [1.807, 2.05) is 0 Å². The molecule has 1 aliphatic heterocycles. The third kappa shape index (κ3) is 3.45. The number of rotatable bonds is 4. The summed E-state index contributed by atoms with van der Waals surface area (Å²) >= 11 is 0. The molecule has 1 saturated heterocycles. The van der Waals surface area contributed by atoms with E-state index in [9.17, 15) is 0 Å². The molecule has 1 heterocycles. The van der Waals surface area contributed by atoms with E-state index < -0.39 is 0 Å². The van der Waals surface area contributed by atoms with Gasteiger partial charge in [-0.15, -0.1) is 0 Å². The van der Waals surface area contributed by atoms with Crippen LogP contribution in [-0.4, -0.2) is 18.6 Å². The van der Waals surface area contributed by atoms with Gasteiger partial charge in [-0.2, -0.15) is 0 Å². The largest absolute Gasteiger partial charge is 0.497 e. The molecule has 0 bridgehead atoms. The summed E-state index contributed by atoms with van der Waals surface area (Å²) in [4.78, 5) is 2.61. The molecular formula is C19H23NO. The standard InChI is InChI=1S/C19H23NO/c1-21-18-12-10-17(11-13-18)19-9-5-6-14-20(19)15-16-7-3-2-4-8-16/h2-4,7-8,10-13,19H,5-6,9,14-15H2,1H3/t19-/m0/s1. The first-order valence-corrected chi connectivity index (χ1v) is 7.79. The normalized spacial score (nSPS) is 19.4. The lowest BCUT2D eigenvalue weighted by Gasteiger charge is -2.36. The molecule has 1 atom stereocenters. The number of piperidine rings is 1. The Morgan fingerprint density at radius 3 is 2.48 bits per heavy atom. The zero-order chi connectivity index (χ0) is 14.5. The molecule has 2 aromatic carbocycles. The summed E-state index contributed by atoms with van der Waals surface area (Å²) < 4.78 is 5.27. The van der Waals surface area contributed by atoms with E-state index >= 15 is 0 Å². The highest BCUT2D eigenvalue weighted by molar-refractivity contribution is 5.29. The lowest BCUT2D eigenvalue weighted by Crippen LogP contribution is -2.32. The SMILES string of the molecule is COc1ccc([C@@H]2CCCCN2Cc2ccccc2)cc1. The highest BCUT2D eigenvalue weighted by atomic mass is 16.5. The first-order valence-electron chi connectivity index (χ1n) is 7.79. The molecule has 0 aliphatic carbocycles. The zero-order valence-electron chi connectivity index (χ0n) is 12.7. The van der Waals surface area contributed by atoms with Gasteiger partial charge in [-0.1, -0.05) is 48.9 Å². The molecule has 0 radical (unpaired) electrons. The van der Waals surface area contributed by atoms with Crippen LogP contribution in [0.1, 0.15) is 36.4 Å². The van der Waals surface area contributed by atoms with Crippen LogP contribution in [0.25, 0.3) is 0 Å². The Morgan fingerprint density at radius 2 is 1.76 bits per heavy atom. The predicted octanol–water partition coefficient (Wildman–Crippen LogP) is 4.42. The van der Waals surface area contributed by atoms with Crippen molar-refractivity contribution in [3.8, 4) is 5.75 Å². The van der Waals surface area contributed by atoms with E-state index in [0.717, 1.165) is 12.3 Å². The van der Waals surface area contributed by atoms with Crippen LogP contribution < -0.4 is 4.74 Å². The second-order valence-corrected chi connectivity index (χ2v) is 5.74. The monoisotopic (exact) mass is 281 g/mol. The number of hydrogen-bond acceptors (Lipinski definition) is 2. The number of hydrogen-bond donors (Lipinski definition) is 0. The third-order valence-corrected chi connectivity index (χ3v) is 4.34. The predicted molar refractivity (Wildman–Crippen MR) is 86.4 cm³/mol. The van der Waals surface area contributed by atoms with Crippen molar-refractivity contribution < 1.29 is 4.74 Å². The maximum absolute atomic E-state index is 5.27. The molecule has 21 heavy (non-hydrogen) atoms. The number of ether oxygens (including phenoxy) is 1. The summed E-state index contributed by atoms with van der Waals surface area (Å²) in [6.45, 7) is 2.23. The Bertz CT molecular complexity index is 550. The fourth-order valence-electron chi connectivity index (χ4n) is 3.20. The summed E-state index contributed by atoms with van der Waals surface area (Å²) in [6.07, 6.45) is 3.88. The van der Waals surface area contributed by atoms with Gasteiger partial charge < -0.3 is 4.74 Å². The molecule has 0 unspecified atom stereocenters. The van der Waals surface area contributed by atoms with Gasteiger partial charge in [0.25, 0.3) is 0 Å². The molecule has 1 fully saturated rings. The number of nitrogens with zero attached hydrogens (tertiary/aromatic N) is 1. The molecule has 2 nitrogen and oxygen atoms in total. The van der Waals surface area contributed by atoms with Crippen LogP contribution in [0.15, 0.2) is 54.6 Å². The molecule has 0 N–H and O–H groups in total. The quantitative estimate of drug-likeness (QED) is 0.822. The Morgan fingerprint density at radius 1 is 1.00 bits per heavy atom. The summed E-state index contributed by atoms with van der Waals surface area (Å²) in [5.41, 5.74) is 2.81. The smallest absolute Gasteiger partial charge is 0.118 e. The molecule has 1 aliphatic rings. The van der Waals surface area contributed by atoms with Crippen LogP contribution in [0.5, 0.6) is 5.75 Å². The molecule has 2 aromatic rings. The first-order chi connectivity index (χ1) is 10.4. The van der Waals surface area contributed by atoms with Gasteiger partial charge in [-0.3, -0.25) is 4.90 Å². The summed E-state index contributed by atoms with van der Waals surface area (Å²) in [7, 11) is 1.72. The van der Waals surface area contributed by atoms with Crippen molar-refractivity contribution in [3.63, 3.8) is 0 Å². The zero-order valence-corrected chi connectivity index (χ0v) is 12.7. The van der Waals surface area contributed by atoms with Crippen molar-refractivity contribution in [3.05, 3.63) is 65.7 Å². The molecule has 0 amide bonds. The van der Waals surface area contributed by atoms with Gasteiger partial charge in [0.2, 0.25) is 0 Å². The highest BCUT2D eigenvalue weighted by Gasteiger charge is 2.23. The summed E-state index contributed by atoms with van der Waals surface area (Å²) in [5.74, 6) is 0.934. The Hall–Kier alpha value is -1.80. The molecule has 0 aromatic heterocycles. The van der Waals surface area contributed by atoms with Crippen LogP contribution in [-0.2, 0) is 6.54 Å². The summed E-state index contributed by atoms with van der Waals surface area (Å²) in [6, 6.07) is 19.9. The van der Waals surface area contributed by atoms with Crippen LogP contribution in [0.2, 0.25) is 0 Å². The lowest BCUT2D eigenvalue weighted by molar-refractivity contribution is 0.140. The first kappa shape index (κ1) is 14.2. The number of likely N-dealkylation sites (tertiary alicyclic amines) is 1. The van der Waals surface area contributed by atoms with Gasteiger partial charge >= 0.3 is 0 Å². The van der Waals surface area contributed by atoms with E-state index in [1.54, 1.807) is 7.11 Å². The average molecular weight is 281 g/mol. The van der Waals surface area contributed by atoms with E-state index in [0.29, 0.717) is 6.04 Å². The minimum atomic E-state index is 0.532. The van der Waals surface area contributed by atoms with Crippen molar-refractivity contribution >= 4 is 0 Å². The maximum Gasteiger partial charge on any atom is 0.118 e. The Labute approximate surface area is 127 Å². The second-order valence-electron chi connectivity index (χ2n) is 5.74. The van der Waals surface area contributed by atoms with Crippen LogP contribution in [0.4, 0.5) is 0 Å². The average Bonchev–Trinajstić information content (AvgIpc) is 2.56. The second kappa shape index (κ2) is 6.77. The van der Waals surface area contributed by atoms with E-state index in [2.05, 4.69) is 59.5 Å². The Balaban J connectivity index is 1.77. The van der Waals surface area contributed by atoms with E-state index in [4.69, 9.17) is 4.74 Å². The maximum atomic E-state index is 5.27. The van der Waals surface area contributed by atoms with Gasteiger partial charge in [-0.25, -0.2) is 0 Å². The molecule has 3 rings (SSSR count). The lowest BCUT2D eigenvalue weighted by atomic mass is 9.94. The topological polar surface area (TPSA) is 12.5 Å². The third-order valence-electron chi connectivity index (χ3n) is 4.34. The number of methoxy groups -OCH3 is 1. The van der Waals surface area contributed by atoms with Gasteiger partial charge in [-0.05, 0) is 42.6 Å². The highest BCUT2D eigenvalue weighted by Crippen LogP contribution is 2.32. The van der Waals surface area contributed by atoms with E-state index in [1.165, 1.54) is 36.9 Å². The fourth-order valence-corrected chi connectivity index (χ4v) is 3.20. The molecular weight excluding hydrogens is 258 g/mol. The van der Waals surface area contributed by atoms with Crippen molar-refractivity contribution in [1.82, 2.24) is 4.90 Å². The number of benzene rings is 2. The van der Waals surface area contributed by atoms with Crippen LogP contribution in [0, 0.1) is 0 Å². The molecule has 2 heteroatoms. The fraction of sp³-hybridized carbons (Fsp3) is 0.368. The minimum absolute atomic E-state index is 0.532.